The molecule has 1 atom stereocenters. The van der Waals surface area contributed by atoms with E-state index in [4.69, 9.17) is 0 Å². The highest BCUT2D eigenvalue weighted by atomic mass is 16.1. The third-order valence-corrected chi connectivity index (χ3v) is 5.54. The Hall–Kier alpha value is -3.26. The Labute approximate surface area is 167 Å². The van der Waals surface area contributed by atoms with Gasteiger partial charge in [-0.15, -0.1) is 0 Å². The second kappa shape index (κ2) is 7.63. The fourth-order valence-electron chi connectivity index (χ4n) is 4.03. The lowest BCUT2D eigenvalue weighted by Gasteiger charge is -2.21. The van der Waals surface area contributed by atoms with Crippen molar-refractivity contribution in [3.05, 3.63) is 48.5 Å². The predicted octanol–water partition coefficient (Wildman–Crippen LogP) is 1.93. The summed E-state index contributed by atoms with van der Waals surface area (Å²) in [5.41, 5.74) is 4.93. The van der Waals surface area contributed by atoms with Gasteiger partial charge in [0.25, 0.3) is 0 Å². The van der Waals surface area contributed by atoms with Crippen molar-refractivity contribution >= 4 is 22.5 Å². The van der Waals surface area contributed by atoms with Gasteiger partial charge in [-0.2, -0.15) is 14.8 Å². The van der Waals surface area contributed by atoms with Crippen LogP contribution in [0.25, 0.3) is 27.7 Å². The summed E-state index contributed by atoms with van der Waals surface area (Å²) in [6.45, 7) is 2.40. The average molecular weight is 389 g/mol. The summed E-state index contributed by atoms with van der Waals surface area (Å²) < 4.78 is 1.63. The molecule has 0 bridgehead atoms. The Bertz CT molecular complexity index is 1160. The van der Waals surface area contributed by atoms with Crippen LogP contribution in [0.4, 0.5) is 0 Å². The molecule has 0 aliphatic carbocycles. The minimum absolute atomic E-state index is 0.0870. The van der Waals surface area contributed by atoms with E-state index < -0.39 is 0 Å². The molecule has 0 spiro atoms. The number of aromatic amines is 1. The van der Waals surface area contributed by atoms with Gasteiger partial charge in [0.1, 0.15) is 5.65 Å². The zero-order valence-corrected chi connectivity index (χ0v) is 16.1. The molecule has 4 aromatic heterocycles. The largest absolute Gasteiger partial charge is 0.355 e. The maximum absolute atomic E-state index is 12.3. The topological polar surface area (TPSA) is 100 Å². The smallest absolute Gasteiger partial charge is 0.224 e. The first-order chi connectivity index (χ1) is 14.3. The fourth-order valence-corrected chi connectivity index (χ4v) is 4.03. The second-order valence-electron chi connectivity index (χ2n) is 7.46. The van der Waals surface area contributed by atoms with Gasteiger partial charge < -0.3 is 15.6 Å². The van der Waals surface area contributed by atoms with Gasteiger partial charge in [0.15, 0.2) is 0 Å². The number of fused-ring (bicyclic) bond motifs is 2. The Morgan fingerprint density at radius 2 is 2.21 bits per heavy atom. The van der Waals surface area contributed by atoms with Crippen molar-refractivity contribution in [2.45, 2.75) is 19.3 Å². The molecule has 148 valence electrons. The van der Waals surface area contributed by atoms with Crippen molar-refractivity contribution in [2.75, 3.05) is 19.6 Å². The van der Waals surface area contributed by atoms with E-state index in [-0.39, 0.29) is 11.8 Å². The number of nitrogens with zero attached hydrogens (tertiary/aromatic N) is 4. The first-order valence-electron chi connectivity index (χ1n) is 10.0. The van der Waals surface area contributed by atoms with Crippen molar-refractivity contribution in [3.8, 4) is 11.1 Å². The zero-order valence-electron chi connectivity index (χ0n) is 16.1. The molecule has 1 aliphatic rings. The molecule has 1 unspecified atom stereocenters. The molecule has 0 aromatic carbocycles. The van der Waals surface area contributed by atoms with Crippen LogP contribution in [-0.4, -0.2) is 50.3 Å². The maximum Gasteiger partial charge on any atom is 0.224 e. The van der Waals surface area contributed by atoms with Crippen molar-refractivity contribution < 1.29 is 4.79 Å². The van der Waals surface area contributed by atoms with Crippen LogP contribution < -0.4 is 10.6 Å². The van der Waals surface area contributed by atoms with E-state index in [1.165, 1.54) is 0 Å². The third-order valence-electron chi connectivity index (χ3n) is 5.54. The molecule has 1 saturated heterocycles. The van der Waals surface area contributed by atoms with E-state index in [0.717, 1.165) is 65.7 Å². The molecule has 5 rings (SSSR count). The highest BCUT2D eigenvalue weighted by Crippen LogP contribution is 2.30. The minimum Gasteiger partial charge on any atom is -0.355 e. The predicted molar refractivity (Wildman–Crippen MR) is 110 cm³/mol. The molecule has 0 radical (unpaired) electrons. The van der Waals surface area contributed by atoms with Gasteiger partial charge in [0, 0.05) is 48.5 Å². The van der Waals surface area contributed by atoms with Crippen molar-refractivity contribution in [1.82, 2.24) is 35.4 Å². The van der Waals surface area contributed by atoms with E-state index in [2.05, 4.69) is 36.9 Å². The molecule has 1 amide bonds. The third kappa shape index (κ3) is 3.47. The van der Waals surface area contributed by atoms with Gasteiger partial charge in [-0.1, -0.05) is 0 Å². The molecule has 1 aliphatic heterocycles. The van der Waals surface area contributed by atoms with Gasteiger partial charge in [-0.25, -0.2) is 4.98 Å². The average Bonchev–Trinajstić information content (AvgIpc) is 3.38. The highest BCUT2D eigenvalue weighted by molar-refractivity contribution is 5.97. The maximum atomic E-state index is 12.3. The lowest BCUT2D eigenvalue weighted by Crippen LogP contribution is -2.41. The van der Waals surface area contributed by atoms with Crippen LogP contribution in [0.1, 0.15) is 18.5 Å². The Balaban J connectivity index is 1.34. The van der Waals surface area contributed by atoms with Gasteiger partial charge >= 0.3 is 0 Å². The SMILES string of the molecule is O=C(NCCc1cc2c(-c3cnn4ncccc34)ccnc2[nH]1)C1CCCNC1. The molecular formula is C21H23N7O. The Morgan fingerprint density at radius 3 is 3.10 bits per heavy atom. The summed E-state index contributed by atoms with van der Waals surface area (Å²) in [5, 5.41) is 16.0. The Morgan fingerprint density at radius 1 is 1.24 bits per heavy atom. The number of carbonyl (C=O) groups is 1. The molecule has 8 nitrogen and oxygen atoms in total. The van der Waals surface area contributed by atoms with Crippen LogP contribution in [0.3, 0.4) is 0 Å². The second-order valence-corrected chi connectivity index (χ2v) is 7.46. The fraction of sp³-hybridized carbons (Fsp3) is 0.333. The molecule has 1 fully saturated rings. The first kappa shape index (κ1) is 17.8. The lowest BCUT2D eigenvalue weighted by atomic mass is 9.99. The molecule has 3 N–H and O–H groups in total. The van der Waals surface area contributed by atoms with Crippen molar-refractivity contribution in [3.63, 3.8) is 0 Å². The number of rotatable bonds is 5. The summed E-state index contributed by atoms with van der Waals surface area (Å²) in [6, 6.07) is 8.03. The molecule has 29 heavy (non-hydrogen) atoms. The number of hydrogen-bond acceptors (Lipinski definition) is 5. The summed E-state index contributed by atoms with van der Waals surface area (Å²) in [4.78, 5) is 20.2. The number of nitrogens with one attached hydrogen (secondary N) is 3. The summed E-state index contributed by atoms with van der Waals surface area (Å²) in [5.74, 6) is 0.231. The standard InChI is InChI=1S/C21H23N7O/c29-21(14-3-1-7-22-12-14)24-9-5-15-11-17-16(6-10-23-20(17)27-15)18-13-26-28-19(18)4-2-8-25-28/h2,4,6,8,10-11,13-14,22H,1,3,5,7,9,12H2,(H,23,27)(H,24,29). The van der Waals surface area contributed by atoms with E-state index in [1.54, 1.807) is 17.0 Å². The van der Waals surface area contributed by atoms with Gasteiger partial charge in [0.05, 0.1) is 17.6 Å². The van der Waals surface area contributed by atoms with Gasteiger partial charge in [-0.3, -0.25) is 4.79 Å². The van der Waals surface area contributed by atoms with Crippen molar-refractivity contribution in [2.24, 2.45) is 5.92 Å². The first-order valence-corrected chi connectivity index (χ1v) is 10.0. The van der Waals surface area contributed by atoms with Crippen LogP contribution in [0.15, 0.2) is 42.9 Å². The van der Waals surface area contributed by atoms with E-state index >= 15 is 0 Å². The number of pyridine rings is 1. The normalized spacial score (nSPS) is 17.0. The minimum atomic E-state index is 0.0870. The molecular weight excluding hydrogens is 366 g/mol. The number of amides is 1. The molecule has 4 aromatic rings. The zero-order chi connectivity index (χ0) is 19.6. The quantitative estimate of drug-likeness (QED) is 0.484. The number of piperidine rings is 1. The van der Waals surface area contributed by atoms with E-state index in [9.17, 15) is 4.79 Å². The number of aromatic nitrogens is 5. The van der Waals surface area contributed by atoms with E-state index in [1.807, 2.05) is 24.4 Å². The summed E-state index contributed by atoms with van der Waals surface area (Å²) >= 11 is 0. The molecule has 8 heteroatoms. The Kier molecular flexibility index (Phi) is 4.69. The van der Waals surface area contributed by atoms with Crippen LogP contribution in [-0.2, 0) is 11.2 Å². The molecule has 0 saturated carbocycles. The van der Waals surface area contributed by atoms with Crippen LogP contribution in [0.5, 0.6) is 0 Å². The summed E-state index contributed by atoms with van der Waals surface area (Å²) in [7, 11) is 0. The molecule has 5 heterocycles. The van der Waals surface area contributed by atoms with Crippen LogP contribution >= 0.6 is 0 Å². The van der Waals surface area contributed by atoms with Crippen LogP contribution in [0, 0.1) is 5.92 Å². The van der Waals surface area contributed by atoms with Gasteiger partial charge in [0.2, 0.25) is 5.91 Å². The number of H-pyrrole nitrogens is 1. The van der Waals surface area contributed by atoms with Crippen LogP contribution in [0.2, 0.25) is 0 Å². The van der Waals surface area contributed by atoms with Crippen molar-refractivity contribution in [1.29, 1.82) is 0 Å². The number of carbonyl (C=O) groups excluding carboxylic acids is 1. The highest BCUT2D eigenvalue weighted by Gasteiger charge is 2.20. The monoisotopic (exact) mass is 389 g/mol. The lowest BCUT2D eigenvalue weighted by molar-refractivity contribution is -0.125. The summed E-state index contributed by atoms with van der Waals surface area (Å²) in [6.07, 6.45) is 8.12. The van der Waals surface area contributed by atoms with E-state index in [0.29, 0.717) is 6.54 Å². The van der Waals surface area contributed by atoms with Gasteiger partial charge in [-0.05, 0) is 49.2 Å². The number of hydrogen-bond donors (Lipinski definition) is 3.